The molecule has 1 aliphatic heterocycles. The van der Waals surface area contributed by atoms with Gasteiger partial charge in [0.25, 0.3) is 6.01 Å². The number of carbonyl (C=O) groups excluding carboxylic acids is 2. The quantitative estimate of drug-likeness (QED) is 0.340. The van der Waals surface area contributed by atoms with Gasteiger partial charge in [-0.3, -0.25) is 9.59 Å². The molecule has 1 aliphatic rings. The number of carbonyl (C=O) groups is 2. The van der Waals surface area contributed by atoms with Crippen LogP contribution in [0.25, 0.3) is 11.1 Å². The Morgan fingerprint density at radius 1 is 1.03 bits per heavy atom. The zero-order valence-electron chi connectivity index (χ0n) is 16.3. The molecule has 0 amide bonds. The molecule has 2 aromatic carbocycles. The van der Waals surface area contributed by atoms with Gasteiger partial charge in [0.15, 0.2) is 11.4 Å². The Bertz CT molecular complexity index is 942. The van der Waals surface area contributed by atoms with Crippen molar-refractivity contribution in [3.8, 4) is 0 Å². The molecule has 6 nitrogen and oxygen atoms in total. The number of rotatable bonds is 7. The van der Waals surface area contributed by atoms with Crippen LogP contribution in [0, 0.1) is 5.92 Å². The van der Waals surface area contributed by atoms with Crippen molar-refractivity contribution in [2.24, 2.45) is 5.92 Å². The third-order valence-electron chi connectivity index (χ3n) is 5.27. The minimum absolute atomic E-state index is 0.0771. The van der Waals surface area contributed by atoms with Gasteiger partial charge in [-0.1, -0.05) is 42.5 Å². The van der Waals surface area contributed by atoms with E-state index in [1.165, 1.54) is 0 Å². The van der Waals surface area contributed by atoms with Crippen molar-refractivity contribution in [2.45, 2.75) is 25.7 Å². The summed E-state index contributed by atoms with van der Waals surface area (Å²) in [4.78, 5) is 31.0. The summed E-state index contributed by atoms with van der Waals surface area (Å²) in [6, 6.07) is 17.5. The van der Waals surface area contributed by atoms with Gasteiger partial charge >= 0.3 is 5.97 Å². The number of hydrogen-bond acceptors (Lipinski definition) is 6. The average Bonchev–Trinajstić information content (AvgIpc) is 3.21. The number of nitrogens with zero attached hydrogens (tertiary/aromatic N) is 2. The first-order valence-electron chi connectivity index (χ1n) is 10.1. The molecule has 150 valence electrons. The molecule has 0 saturated carbocycles. The molecule has 6 heteroatoms. The highest BCUT2D eigenvalue weighted by molar-refractivity contribution is 5.95. The Balaban J connectivity index is 1.19. The molecule has 0 bridgehead atoms. The molecule has 1 fully saturated rings. The normalized spacial score (nSPS) is 14.8. The number of Topliss-reactive ketones (excluding diaryl/α,β-unsaturated/α-hetero) is 1. The van der Waals surface area contributed by atoms with Crippen molar-refractivity contribution in [1.29, 1.82) is 0 Å². The Labute approximate surface area is 169 Å². The molecular formula is C23H24N2O4. The molecule has 0 N–H and O–H groups in total. The van der Waals surface area contributed by atoms with Gasteiger partial charge in [0.2, 0.25) is 0 Å². The number of ketones is 1. The van der Waals surface area contributed by atoms with Gasteiger partial charge in [0.05, 0.1) is 12.5 Å². The van der Waals surface area contributed by atoms with E-state index in [0.29, 0.717) is 50.4 Å². The summed E-state index contributed by atoms with van der Waals surface area (Å²) >= 11 is 0. The van der Waals surface area contributed by atoms with Crippen molar-refractivity contribution in [3.05, 3.63) is 60.2 Å². The van der Waals surface area contributed by atoms with Crippen LogP contribution in [0.15, 0.2) is 59.0 Å². The van der Waals surface area contributed by atoms with Gasteiger partial charge in [-0.05, 0) is 31.4 Å². The van der Waals surface area contributed by atoms with Crippen molar-refractivity contribution < 1.29 is 18.7 Å². The number of para-hydroxylation sites is 2. The van der Waals surface area contributed by atoms with E-state index < -0.39 is 0 Å². The van der Waals surface area contributed by atoms with Gasteiger partial charge in [0.1, 0.15) is 5.52 Å². The Morgan fingerprint density at radius 3 is 2.52 bits per heavy atom. The highest BCUT2D eigenvalue weighted by atomic mass is 16.5. The van der Waals surface area contributed by atoms with Crippen molar-refractivity contribution in [1.82, 2.24) is 4.98 Å². The largest absolute Gasteiger partial charge is 0.465 e. The Kier molecular flexibility index (Phi) is 5.89. The lowest BCUT2D eigenvalue weighted by molar-refractivity contribution is -0.149. The molecule has 1 saturated heterocycles. The van der Waals surface area contributed by atoms with E-state index in [1.807, 2.05) is 42.5 Å². The molecule has 0 spiro atoms. The molecule has 3 aromatic rings. The molecule has 0 aliphatic carbocycles. The number of anilines is 1. The van der Waals surface area contributed by atoms with E-state index in [2.05, 4.69) is 9.88 Å². The first kappa shape index (κ1) is 19.2. The maximum Gasteiger partial charge on any atom is 0.309 e. The fourth-order valence-electron chi connectivity index (χ4n) is 3.59. The lowest BCUT2D eigenvalue weighted by Gasteiger charge is -2.29. The average molecular weight is 392 g/mol. The summed E-state index contributed by atoms with van der Waals surface area (Å²) in [6.45, 7) is 1.70. The molecular weight excluding hydrogens is 368 g/mol. The number of fused-ring (bicyclic) bond motifs is 1. The van der Waals surface area contributed by atoms with Crippen LogP contribution in [0.2, 0.25) is 0 Å². The van der Waals surface area contributed by atoms with E-state index in [4.69, 9.17) is 9.15 Å². The predicted octanol–water partition coefficient (Wildman–Crippen LogP) is 4.25. The van der Waals surface area contributed by atoms with Gasteiger partial charge < -0.3 is 14.1 Å². The fraction of sp³-hybridized carbons (Fsp3) is 0.348. The maximum absolute atomic E-state index is 12.3. The minimum atomic E-state index is -0.172. The van der Waals surface area contributed by atoms with Crippen molar-refractivity contribution in [3.63, 3.8) is 0 Å². The summed E-state index contributed by atoms with van der Waals surface area (Å²) in [6.07, 6.45) is 2.34. The van der Waals surface area contributed by atoms with Crippen molar-refractivity contribution >= 4 is 28.9 Å². The maximum atomic E-state index is 12.3. The van der Waals surface area contributed by atoms with Crippen LogP contribution >= 0.6 is 0 Å². The van der Waals surface area contributed by atoms with Crippen LogP contribution in [-0.4, -0.2) is 36.4 Å². The number of benzene rings is 2. The summed E-state index contributed by atoms with van der Waals surface area (Å²) in [5.74, 6) is -0.205. The lowest BCUT2D eigenvalue weighted by Crippen LogP contribution is -2.37. The smallest absolute Gasteiger partial charge is 0.309 e. The van der Waals surface area contributed by atoms with Crippen LogP contribution in [0.5, 0.6) is 0 Å². The van der Waals surface area contributed by atoms with E-state index >= 15 is 0 Å². The Morgan fingerprint density at radius 2 is 1.76 bits per heavy atom. The fourth-order valence-corrected chi connectivity index (χ4v) is 3.59. The third-order valence-corrected chi connectivity index (χ3v) is 5.27. The van der Waals surface area contributed by atoms with Gasteiger partial charge in [-0.25, -0.2) is 0 Å². The Hall–Kier alpha value is -3.15. The van der Waals surface area contributed by atoms with E-state index in [0.717, 1.165) is 11.1 Å². The van der Waals surface area contributed by atoms with Crippen LogP contribution in [0.3, 0.4) is 0 Å². The topological polar surface area (TPSA) is 72.6 Å². The zero-order chi connectivity index (χ0) is 20.1. The number of esters is 1. The van der Waals surface area contributed by atoms with Crippen LogP contribution in [0.4, 0.5) is 6.01 Å². The summed E-state index contributed by atoms with van der Waals surface area (Å²) in [7, 11) is 0. The van der Waals surface area contributed by atoms with Crippen LogP contribution in [0.1, 0.15) is 36.0 Å². The van der Waals surface area contributed by atoms with Gasteiger partial charge in [-0.15, -0.1) is 0 Å². The van der Waals surface area contributed by atoms with Crippen LogP contribution in [-0.2, 0) is 9.53 Å². The zero-order valence-corrected chi connectivity index (χ0v) is 16.3. The van der Waals surface area contributed by atoms with E-state index in [1.54, 1.807) is 12.1 Å². The molecule has 0 unspecified atom stereocenters. The van der Waals surface area contributed by atoms with E-state index in [-0.39, 0.29) is 24.3 Å². The standard InChI is InChI=1S/C23H24N2O4/c26-20(17-7-2-1-3-8-17)10-6-16-28-22(27)18-12-14-25(15-13-18)23-24-19-9-4-5-11-21(19)29-23/h1-5,7-9,11,18H,6,10,12-16H2. The number of ether oxygens (including phenoxy) is 1. The summed E-state index contributed by atoms with van der Waals surface area (Å²) in [5.41, 5.74) is 2.31. The molecule has 0 radical (unpaired) electrons. The predicted molar refractivity (Wildman–Crippen MR) is 110 cm³/mol. The second-order valence-electron chi connectivity index (χ2n) is 7.29. The number of hydrogen-bond donors (Lipinski definition) is 0. The summed E-state index contributed by atoms with van der Waals surface area (Å²) in [5, 5.41) is 0. The number of oxazole rings is 1. The van der Waals surface area contributed by atoms with Crippen molar-refractivity contribution in [2.75, 3.05) is 24.6 Å². The highest BCUT2D eigenvalue weighted by Crippen LogP contribution is 2.26. The first-order valence-corrected chi connectivity index (χ1v) is 10.1. The monoisotopic (exact) mass is 392 g/mol. The van der Waals surface area contributed by atoms with Gasteiger partial charge in [-0.2, -0.15) is 4.98 Å². The van der Waals surface area contributed by atoms with E-state index in [9.17, 15) is 9.59 Å². The molecule has 1 aromatic heterocycles. The molecule has 4 rings (SSSR count). The minimum Gasteiger partial charge on any atom is -0.465 e. The number of aromatic nitrogens is 1. The SMILES string of the molecule is O=C(CCCOC(=O)C1CCN(c2nc3ccccc3o2)CC1)c1ccccc1. The lowest BCUT2D eigenvalue weighted by atomic mass is 9.97. The molecule has 2 heterocycles. The van der Waals surface area contributed by atoms with Gasteiger partial charge in [0, 0.05) is 25.1 Å². The first-order chi connectivity index (χ1) is 14.2. The molecule has 0 atom stereocenters. The number of piperidine rings is 1. The highest BCUT2D eigenvalue weighted by Gasteiger charge is 2.28. The van der Waals surface area contributed by atoms with Crippen LogP contribution < -0.4 is 4.90 Å². The second-order valence-corrected chi connectivity index (χ2v) is 7.29. The third kappa shape index (κ3) is 4.65. The summed E-state index contributed by atoms with van der Waals surface area (Å²) < 4.78 is 11.2. The second kappa shape index (κ2) is 8.90. The molecule has 29 heavy (non-hydrogen) atoms.